The van der Waals surface area contributed by atoms with Crippen LogP contribution in [0, 0.1) is 0 Å². The van der Waals surface area contributed by atoms with Gasteiger partial charge >= 0.3 is 27.7 Å². The Kier molecular flexibility index (Phi) is 10.5. The molecule has 1 saturated heterocycles. The second-order valence-corrected chi connectivity index (χ2v) is 14.2. The van der Waals surface area contributed by atoms with Gasteiger partial charge in [0.05, 0.1) is 6.04 Å². The Labute approximate surface area is 291 Å². The predicted molar refractivity (Wildman–Crippen MR) is 174 cm³/mol. The summed E-state index contributed by atoms with van der Waals surface area (Å²) in [5.74, 6) is -4.06. The van der Waals surface area contributed by atoms with Crippen LogP contribution in [-0.2, 0) is 38.2 Å². The molecular weight excluding hydrogens is 695 g/mol. The zero-order valence-corrected chi connectivity index (χ0v) is 28.4. The lowest BCUT2D eigenvalue weighted by molar-refractivity contribution is -0.160. The number of benzene rings is 3. The van der Waals surface area contributed by atoms with E-state index in [2.05, 4.69) is 14.8 Å². The molecule has 270 valence electrons. The van der Waals surface area contributed by atoms with Gasteiger partial charge in [-0.15, -0.1) is 0 Å². The summed E-state index contributed by atoms with van der Waals surface area (Å²) in [6.45, 7) is 4.89. The van der Waals surface area contributed by atoms with Crippen LogP contribution in [0.1, 0.15) is 62.4 Å². The molecule has 0 bridgehead atoms. The molecule has 3 aromatic rings. The number of hydrogen-bond donors (Lipinski definition) is 2. The van der Waals surface area contributed by atoms with E-state index in [1.54, 1.807) is 112 Å². The number of rotatable bonds is 10. The first kappa shape index (κ1) is 36.9. The zero-order valence-electron chi connectivity index (χ0n) is 27.5. The van der Waals surface area contributed by atoms with Crippen LogP contribution in [0.3, 0.4) is 0 Å². The maximum absolute atomic E-state index is 13.9. The van der Waals surface area contributed by atoms with Gasteiger partial charge in [-0.2, -0.15) is 21.6 Å². The van der Waals surface area contributed by atoms with Crippen LogP contribution < -0.4 is 10.6 Å². The third-order valence-electron chi connectivity index (χ3n) is 7.86. The normalized spacial score (nSPS) is 18.3. The third-order valence-corrected chi connectivity index (χ3v) is 8.85. The van der Waals surface area contributed by atoms with Gasteiger partial charge in [0.1, 0.15) is 17.7 Å². The minimum absolute atomic E-state index is 0.202. The van der Waals surface area contributed by atoms with E-state index in [1.807, 2.05) is 0 Å². The molecule has 0 aliphatic carbocycles. The van der Waals surface area contributed by atoms with Crippen molar-refractivity contribution >= 4 is 34.0 Å². The molecule has 0 spiro atoms. The Hall–Kier alpha value is -5.38. The first-order valence-corrected chi connectivity index (χ1v) is 17.1. The standard InChI is InChI=1S/C35H34F3N3O9S/c1-34(2,3)49-33(45)40-26(21-13-7-4-8-14-21)30(42)39-27-24-19-20-25(50-51(46,47)35(36,37)38)28(41(24)31(27)43)32(44)48-29(22-15-9-5-10-16-22)23-17-11-6-12-18-23/h4-18,24,26-27,29H,19-20H2,1-3H3,(H,39,42)(H,40,45)/t24-,26-,27+/m1/s1. The van der Waals surface area contributed by atoms with E-state index in [4.69, 9.17) is 9.47 Å². The van der Waals surface area contributed by atoms with Crippen molar-refractivity contribution in [1.82, 2.24) is 15.5 Å². The number of hydrogen-bond acceptors (Lipinski definition) is 9. The molecule has 0 unspecified atom stereocenters. The summed E-state index contributed by atoms with van der Waals surface area (Å²) in [5.41, 5.74) is -6.30. The highest BCUT2D eigenvalue weighted by Crippen LogP contribution is 2.41. The number of alkyl carbamates (subject to hydrolysis) is 1. The molecule has 2 aliphatic heterocycles. The number of carbonyl (C=O) groups is 4. The summed E-state index contributed by atoms with van der Waals surface area (Å²) in [5, 5.41) is 5.04. The minimum atomic E-state index is -6.26. The van der Waals surface area contributed by atoms with E-state index >= 15 is 0 Å². The Morgan fingerprint density at radius 1 is 0.843 bits per heavy atom. The Morgan fingerprint density at radius 3 is 1.84 bits per heavy atom. The molecule has 3 aromatic carbocycles. The average Bonchev–Trinajstić information content (AvgIpc) is 3.07. The third kappa shape index (κ3) is 8.33. The highest BCUT2D eigenvalue weighted by atomic mass is 32.2. The molecule has 5 rings (SSSR count). The number of nitrogens with zero attached hydrogens (tertiary/aromatic N) is 1. The fourth-order valence-electron chi connectivity index (χ4n) is 5.63. The van der Waals surface area contributed by atoms with Crippen LogP contribution in [0.5, 0.6) is 0 Å². The lowest BCUT2D eigenvalue weighted by atomic mass is 9.85. The van der Waals surface area contributed by atoms with Crippen LogP contribution in [0.4, 0.5) is 18.0 Å². The zero-order chi connectivity index (χ0) is 37.1. The fraction of sp³-hybridized carbons (Fsp3) is 0.314. The SMILES string of the molecule is CC(C)(C)OC(=O)N[C@@H](C(=O)N[C@@H]1C(=O)N2C(C(=O)OC(c3ccccc3)c3ccccc3)=C(OS(=O)(=O)C(F)(F)F)CC[C@H]12)c1ccccc1. The molecule has 0 radical (unpaired) electrons. The molecule has 2 aliphatic rings. The van der Waals surface area contributed by atoms with E-state index < -0.39 is 87.2 Å². The number of halogens is 3. The molecular formula is C35H34F3N3O9S. The summed E-state index contributed by atoms with van der Waals surface area (Å²) < 4.78 is 80.0. The van der Waals surface area contributed by atoms with E-state index in [0.717, 1.165) is 4.90 Å². The topological polar surface area (TPSA) is 157 Å². The summed E-state index contributed by atoms with van der Waals surface area (Å²) in [6.07, 6.45) is -2.78. The average molecular weight is 730 g/mol. The molecule has 51 heavy (non-hydrogen) atoms. The van der Waals surface area contributed by atoms with Crippen molar-refractivity contribution in [3.05, 3.63) is 119 Å². The van der Waals surface area contributed by atoms with Gasteiger partial charge in [0, 0.05) is 6.42 Å². The number of ether oxygens (including phenoxy) is 2. The number of fused-ring (bicyclic) bond motifs is 1. The molecule has 2 heterocycles. The van der Waals surface area contributed by atoms with Crippen LogP contribution >= 0.6 is 0 Å². The van der Waals surface area contributed by atoms with Crippen LogP contribution in [0.2, 0.25) is 0 Å². The van der Waals surface area contributed by atoms with E-state index in [1.165, 1.54) is 0 Å². The van der Waals surface area contributed by atoms with Crippen molar-refractivity contribution in [2.75, 3.05) is 0 Å². The quantitative estimate of drug-likeness (QED) is 0.125. The summed E-state index contributed by atoms with van der Waals surface area (Å²) in [6, 6.07) is 21.1. The van der Waals surface area contributed by atoms with Crippen LogP contribution in [-0.4, -0.2) is 60.4 Å². The van der Waals surface area contributed by atoms with Crippen molar-refractivity contribution in [3.8, 4) is 0 Å². The van der Waals surface area contributed by atoms with E-state index in [9.17, 15) is 40.8 Å². The number of allylic oxidation sites excluding steroid dienone is 1. The molecule has 12 nitrogen and oxygen atoms in total. The van der Waals surface area contributed by atoms with Gasteiger partial charge < -0.3 is 24.3 Å². The smallest absolute Gasteiger partial charge is 0.448 e. The summed E-state index contributed by atoms with van der Waals surface area (Å²) in [4.78, 5) is 54.6. The largest absolute Gasteiger partial charge is 0.534 e. The highest BCUT2D eigenvalue weighted by molar-refractivity contribution is 7.87. The Bertz CT molecular complexity index is 1880. The first-order valence-electron chi connectivity index (χ1n) is 15.7. The number of nitrogens with one attached hydrogen (secondary N) is 2. The van der Waals surface area contributed by atoms with Crippen molar-refractivity contribution in [2.45, 2.75) is 69.0 Å². The number of β-lactam (4-membered cyclic amide) rings is 1. The summed E-state index contributed by atoms with van der Waals surface area (Å²) in [7, 11) is -6.26. The van der Waals surface area contributed by atoms with Gasteiger partial charge in [0.2, 0.25) is 5.91 Å². The molecule has 16 heteroatoms. The van der Waals surface area contributed by atoms with Crippen LogP contribution in [0.25, 0.3) is 0 Å². The Balaban J connectivity index is 1.45. The van der Waals surface area contributed by atoms with Crippen molar-refractivity contribution < 1.29 is 54.4 Å². The second kappa shape index (κ2) is 14.5. The monoisotopic (exact) mass is 729 g/mol. The maximum atomic E-state index is 13.9. The van der Waals surface area contributed by atoms with Crippen molar-refractivity contribution in [3.63, 3.8) is 0 Å². The van der Waals surface area contributed by atoms with E-state index in [-0.39, 0.29) is 6.42 Å². The van der Waals surface area contributed by atoms with Crippen LogP contribution in [0.15, 0.2) is 102 Å². The van der Waals surface area contributed by atoms with Gasteiger partial charge in [-0.1, -0.05) is 91.0 Å². The summed E-state index contributed by atoms with van der Waals surface area (Å²) >= 11 is 0. The number of esters is 1. The molecule has 2 N–H and O–H groups in total. The van der Waals surface area contributed by atoms with Crippen molar-refractivity contribution in [2.24, 2.45) is 0 Å². The van der Waals surface area contributed by atoms with Gasteiger partial charge in [-0.05, 0) is 43.9 Å². The van der Waals surface area contributed by atoms with Gasteiger partial charge in [-0.3, -0.25) is 14.5 Å². The number of alkyl halides is 3. The molecule has 3 atom stereocenters. The number of amides is 3. The van der Waals surface area contributed by atoms with E-state index in [0.29, 0.717) is 16.7 Å². The minimum Gasteiger partial charge on any atom is -0.448 e. The second-order valence-electron chi connectivity index (χ2n) is 12.7. The van der Waals surface area contributed by atoms with Crippen molar-refractivity contribution in [1.29, 1.82) is 0 Å². The predicted octanol–water partition coefficient (Wildman–Crippen LogP) is 5.15. The lowest BCUT2D eigenvalue weighted by Gasteiger charge is -2.50. The molecule has 1 fully saturated rings. The highest BCUT2D eigenvalue weighted by Gasteiger charge is 2.57. The Morgan fingerprint density at radius 2 is 1.35 bits per heavy atom. The molecule has 0 aromatic heterocycles. The van der Waals surface area contributed by atoms with Gasteiger partial charge in [0.15, 0.2) is 17.6 Å². The maximum Gasteiger partial charge on any atom is 0.534 e. The van der Waals surface area contributed by atoms with Gasteiger partial charge in [0.25, 0.3) is 5.91 Å². The fourth-order valence-corrected chi connectivity index (χ4v) is 6.16. The molecule has 3 amide bonds. The number of carbonyl (C=O) groups excluding carboxylic acids is 4. The first-order chi connectivity index (χ1) is 24.0. The molecule has 0 saturated carbocycles. The van der Waals surface area contributed by atoms with Gasteiger partial charge in [-0.25, -0.2) is 9.59 Å². The lowest BCUT2D eigenvalue weighted by Crippen LogP contribution is -2.72.